The number of carbonyl (C=O) groups excluding carboxylic acids is 1. The summed E-state index contributed by atoms with van der Waals surface area (Å²) in [4.78, 5) is 22.6. The van der Waals surface area contributed by atoms with E-state index in [1.54, 1.807) is 30.3 Å². The van der Waals surface area contributed by atoms with Crippen LogP contribution in [0.3, 0.4) is 0 Å². The average Bonchev–Trinajstić information content (AvgIpc) is 2.37. The minimum atomic E-state index is -0.940. The maximum absolute atomic E-state index is 11.4. The van der Waals surface area contributed by atoms with Crippen molar-refractivity contribution in [1.29, 1.82) is 0 Å². The van der Waals surface area contributed by atoms with Gasteiger partial charge in [-0.2, -0.15) is 0 Å². The van der Waals surface area contributed by atoms with Gasteiger partial charge in [-0.25, -0.2) is 0 Å². The van der Waals surface area contributed by atoms with Crippen LogP contribution in [-0.2, 0) is 9.59 Å². The van der Waals surface area contributed by atoms with Gasteiger partial charge in [0, 0.05) is 13.0 Å². The molecule has 96 valence electrons. The molecule has 0 aromatic heterocycles. The van der Waals surface area contributed by atoms with Crippen LogP contribution in [0.25, 0.3) is 0 Å². The van der Waals surface area contributed by atoms with Crippen molar-refractivity contribution >= 4 is 11.9 Å². The van der Waals surface area contributed by atoms with Gasteiger partial charge < -0.3 is 10.4 Å². The van der Waals surface area contributed by atoms with Gasteiger partial charge in [-0.15, -0.1) is 6.58 Å². The number of hydrogen-bond acceptors (Lipinski definition) is 2. The minimum absolute atomic E-state index is 0.106. The van der Waals surface area contributed by atoms with E-state index in [-0.39, 0.29) is 12.5 Å². The van der Waals surface area contributed by atoms with Gasteiger partial charge in [-0.1, -0.05) is 36.4 Å². The third-order valence-electron chi connectivity index (χ3n) is 2.58. The SMILES string of the molecule is C=CCCC(=O)NC[C@H](C(=O)O)c1ccccc1. The number of amides is 1. The molecule has 0 bridgehead atoms. The summed E-state index contributed by atoms with van der Waals surface area (Å²) in [7, 11) is 0. The van der Waals surface area contributed by atoms with E-state index in [4.69, 9.17) is 5.11 Å². The Balaban J connectivity index is 2.57. The van der Waals surface area contributed by atoms with Crippen molar-refractivity contribution in [3.63, 3.8) is 0 Å². The van der Waals surface area contributed by atoms with Crippen LogP contribution >= 0.6 is 0 Å². The predicted octanol–water partition coefficient (Wildman–Crippen LogP) is 1.94. The van der Waals surface area contributed by atoms with E-state index >= 15 is 0 Å². The predicted molar refractivity (Wildman–Crippen MR) is 69.3 cm³/mol. The first-order chi connectivity index (χ1) is 8.65. The molecule has 0 radical (unpaired) electrons. The fourth-order valence-electron chi connectivity index (χ4n) is 1.57. The zero-order valence-electron chi connectivity index (χ0n) is 10.1. The lowest BCUT2D eigenvalue weighted by Crippen LogP contribution is -2.31. The number of carbonyl (C=O) groups is 2. The number of rotatable bonds is 7. The molecule has 4 nitrogen and oxygen atoms in total. The highest BCUT2D eigenvalue weighted by Gasteiger charge is 2.19. The van der Waals surface area contributed by atoms with E-state index in [2.05, 4.69) is 11.9 Å². The van der Waals surface area contributed by atoms with Crippen molar-refractivity contribution < 1.29 is 14.7 Å². The number of hydrogen-bond donors (Lipinski definition) is 2. The number of allylic oxidation sites excluding steroid dienone is 1. The Morgan fingerprint density at radius 2 is 2.00 bits per heavy atom. The minimum Gasteiger partial charge on any atom is -0.481 e. The maximum atomic E-state index is 11.4. The normalized spacial score (nSPS) is 11.6. The number of nitrogens with one attached hydrogen (secondary N) is 1. The molecule has 0 heterocycles. The van der Waals surface area contributed by atoms with Crippen LogP contribution in [0.4, 0.5) is 0 Å². The van der Waals surface area contributed by atoms with Crippen molar-refractivity contribution in [3.8, 4) is 0 Å². The number of carboxylic acid groups (broad SMARTS) is 1. The summed E-state index contributed by atoms with van der Waals surface area (Å²) in [5.41, 5.74) is 0.689. The first-order valence-corrected chi connectivity index (χ1v) is 5.80. The molecule has 0 aliphatic carbocycles. The second kappa shape index (κ2) is 7.27. The lowest BCUT2D eigenvalue weighted by molar-refractivity contribution is -0.138. The Hall–Kier alpha value is -2.10. The van der Waals surface area contributed by atoms with E-state index < -0.39 is 11.9 Å². The summed E-state index contributed by atoms with van der Waals surface area (Å²) in [6.45, 7) is 3.64. The van der Waals surface area contributed by atoms with Gasteiger partial charge in [-0.3, -0.25) is 9.59 Å². The van der Waals surface area contributed by atoms with Gasteiger partial charge in [0.2, 0.25) is 5.91 Å². The lowest BCUT2D eigenvalue weighted by Gasteiger charge is -2.13. The fraction of sp³-hybridized carbons (Fsp3) is 0.286. The van der Waals surface area contributed by atoms with Gasteiger partial charge in [0.15, 0.2) is 0 Å². The zero-order valence-corrected chi connectivity index (χ0v) is 10.1. The van der Waals surface area contributed by atoms with E-state index in [0.29, 0.717) is 18.4 Å². The van der Waals surface area contributed by atoms with Crippen LogP contribution in [0, 0.1) is 0 Å². The molecule has 1 rings (SSSR count). The van der Waals surface area contributed by atoms with Crippen LogP contribution in [0.1, 0.15) is 24.3 Å². The molecule has 0 saturated heterocycles. The Kier molecular flexibility index (Phi) is 5.64. The topological polar surface area (TPSA) is 66.4 Å². The first kappa shape index (κ1) is 14.0. The van der Waals surface area contributed by atoms with E-state index in [1.807, 2.05) is 6.07 Å². The van der Waals surface area contributed by atoms with E-state index in [1.165, 1.54) is 0 Å². The van der Waals surface area contributed by atoms with Gasteiger partial charge in [0.05, 0.1) is 5.92 Å². The Morgan fingerprint density at radius 3 is 2.56 bits per heavy atom. The van der Waals surface area contributed by atoms with Crippen molar-refractivity contribution in [2.45, 2.75) is 18.8 Å². The molecule has 4 heteroatoms. The number of carboxylic acids is 1. The second-order valence-electron chi connectivity index (χ2n) is 3.93. The maximum Gasteiger partial charge on any atom is 0.312 e. The van der Waals surface area contributed by atoms with Gasteiger partial charge in [0.1, 0.15) is 0 Å². The van der Waals surface area contributed by atoms with Crippen LogP contribution in [0.2, 0.25) is 0 Å². The average molecular weight is 247 g/mol. The highest BCUT2D eigenvalue weighted by Crippen LogP contribution is 2.14. The summed E-state index contributed by atoms with van der Waals surface area (Å²) in [6.07, 6.45) is 2.59. The Bertz CT molecular complexity index is 414. The molecular weight excluding hydrogens is 230 g/mol. The summed E-state index contributed by atoms with van der Waals surface area (Å²) < 4.78 is 0. The van der Waals surface area contributed by atoms with Crippen molar-refractivity contribution in [2.24, 2.45) is 0 Å². The molecule has 1 amide bonds. The molecule has 0 aliphatic rings. The van der Waals surface area contributed by atoms with Gasteiger partial charge >= 0.3 is 5.97 Å². The summed E-state index contributed by atoms with van der Waals surface area (Å²) in [5.74, 6) is -1.80. The Morgan fingerprint density at radius 1 is 1.33 bits per heavy atom. The molecule has 1 atom stereocenters. The summed E-state index contributed by atoms with van der Waals surface area (Å²) in [6, 6.07) is 8.88. The third kappa shape index (κ3) is 4.41. The first-order valence-electron chi connectivity index (χ1n) is 5.80. The highest BCUT2D eigenvalue weighted by atomic mass is 16.4. The smallest absolute Gasteiger partial charge is 0.312 e. The van der Waals surface area contributed by atoms with Gasteiger partial charge in [0.25, 0.3) is 0 Å². The monoisotopic (exact) mass is 247 g/mol. The number of aliphatic carboxylic acids is 1. The Labute approximate surface area is 106 Å². The molecule has 0 unspecified atom stereocenters. The molecular formula is C14H17NO3. The van der Waals surface area contributed by atoms with Crippen LogP contribution in [0.15, 0.2) is 43.0 Å². The fourth-order valence-corrected chi connectivity index (χ4v) is 1.57. The van der Waals surface area contributed by atoms with Crippen LogP contribution < -0.4 is 5.32 Å². The molecule has 2 N–H and O–H groups in total. The van der Waals surface area contributed by atoms with E-state index in [0.717, 1.165) is 0 Å². The molecule has 1 aromatic rings. The highest BCUT2D eigenvalue weighted by molar-refractivity contribution is 5.79. The zero-order chi connectivity index (χ0) is 13.4. The summed E-state index contributed by atoms with van der Waals surface area (Å²) in [5, 5.41) is 11.8. The molecule has 1 aromatic carbocycles. The molecule has 0 aliphatic heterocycles. The number of benzene rings is 1. The third-order valence-corrected chi connectivity index (χ3v) is 2.58. The van der Waals surface area contributed by atoms with Gasteiger partial charge in [-0.05, 0) is 12.0 Å². The van der Waals surface area contributed by atoms with Crippen molar-refractivity contribution in [3.05, 3.63) is 48.6 Å². The second-order valence-corrected chi connectivity index (χ2v) is 3.93. The molecule has 0 spiro atoms. The quantitative estimate of drug-likeness (QED) is 0.723. The van der Waals surface area contributed by atoms with E-state index in [9.17, 15) is 9.59 Å². The largest absolute Gasteiger partial charge is 0.481 e. The lowest BCUT2D eigenvalue weighted by atomic mass is 9.99. The molecule has 18 heavy (non-hydrogen) atoms. The van der Waals surface area contributed by atoms with Crippen molar-refractivity contribution in [2.75, 3.05) is 6.54 Å². The van der Waals surface area contributed by atoms with Crippen LogP contribution in [-0.4, -0.2) is 23.5 Å². The standard InChI is InChI=1S/C14H17NO3/c1-2-3-9-13(16)15-10-12(14(17)18)11-7-5-4-6-8-11/h2,4-8,12H,1,3,9-10H2,(H,15,16)(H,17,18)/t12-/m0/s1. The molecule has 0 saturated carbocycles. The van der Waals surface area contributed by atoms with Crippen molar-refractivity contribution in [1.82, 2.24) is 5.32 Å². The molecule has 0 fully saturated rings. The summed E-state index contributed by atoms with van der Waals surface area (Å²) >= 11 is 0. The van der Waals surface area contributed by atoms with Crippen LogP contribution in [0.5, 0.6) is 0 Å².